The first kappa shape index (κ1) is 13.4. The molecular formula is C11H16O4. The summed E-state index contributed by atoms with van der Waals surface area (Å²) in [6, 6.07) is 0. The first-order valence-electron chi connectivity index (χ1n) is 4.61. The maximum absolute atomic E-state index is 10.7. The number of carbonyl (C=O) groups is 2. The van der Waals surface area contributed by atoms with Gasteiger partial charge in [0.1, 0.15) is 0 Å². The molecule has 0 unspecified atom stereocenters. The summed E-state index contributed by atoms with van der Waals surface area (Å²) in [6.45, 7) is 7.04. The topological polar surface area (TPSA) is 74.6 Å². The minimum Gasteiger partial charge on any atom is -0.481 e. The van der Waals surface area contributed by atoms with Crippen LogP contribution in [0.2, 0.25) is 0 Å². The fraction of sp³-hybridized carbons (Fsp3) is 0.455. The van der Waals surface area contributed by atoms with Gasteiger partial charge >= 0.3 is 11.9 Å². The van der Waals surface area contributed by atoms with Gasteiger partial charge in [-0.2, -0.15) is 0 Å². The van der Waals surface area contributed by atoms with Crippen LogP contribution < -0.4 is 0 Å². The molecular weight excluding hydrogens is 196 g/mol. The Morgan fingerprint density at radius 2 is 1.33 bits per heavy atom. The van der Waals surface area contributed by atoms with Crippen molar-refractivity contribution in [2.24, 2.45) is 5.41 Å². The predicted octanol–water partition coefficient (Wildman–Crippen LogP) is 2.07. The molecule has 0 atom stereocenters. The molecule has 0 bridgehead atoms. The van der Waals surface area contributed by atoms with Crippen LogP contribution in [0.4, 0.5) is 0 Å². The fourth-order valence-electron chi connectivity index (χ4n) is 1.69. The molecule has 0 saturated carbocycles. The zero-order valence-electron chi connectivity index (χ0n) is 8.61. The molecule has 0 amide bonds. The van der Waals surface area contributed by atoms with E-state index in [0.717, 1.165) is 0 Å². The van der Waals surface area contributed by atoms with Crippen LogP contribution >= 0.6 is 0 Å². The van der Waals surface area contributed by atoms with Crippen LogP contribution in [-0.4, -0.2) is 22.2 Å². The molecule has 0 fully saturated rings. The number of hydrogen-bond acceptors (Lipinski definition) is 2. The second-order valence-corrected chi connectivity index (χ2v) is 3.63. The standard InChI is InChI=1S/C11H16O4/c1-3-5-11(6-4-2,7-9(12)13)8-10(14)15/h3-4H,1-2,5-8H2,(H,12,13)(H,14,15). The largest absolute Gasteiger partial charge is 0.481 e. The lowest BCUT2D eigenvalue weighted by atomic mass is 9.75. The van der Waals surface area contributed by atoms with Crippen molar-refractivity contribution in [2.45, 2.75) is 25.7 Å². The molecule has 0 heterocycles. The van der Waals surface area contributed by atoms with Gasteiger partial charge in [-0.1, -0.05) is 12.2 Å². The Hall–Kier alpha value is -1.58. The monoisotopic (exact) mass is 212 g/mol. The lowest BCUT2D eigenvalue weighted by molar-refractivity contribution is -0.143. The van der Waals surface area contributed by atoms with Gasteiger partial charge in [0.25, 0.3) is 0 Å². The van der Waals surface area contributed by atoms with E-state index in [1.54, 1.807) is 12.2 Å². The van der Waals surface area contributed by atoms with Gasteiger partial charge in [0, 0.05) is 0 Å². The minimum absolute atomic E-state index is 0.183. The summed E-state index contributed by atoms with van der Waals surface area (Å²) in [5.41, 5.74) is -0.791. The van der Waals surface area contributed by atoms with Crippen LogP contribution in [0.1, 0.15) is 25.7 Å². The minimum atomic E-state index is -1.00. The first-order chi connectivity index (χ1) is 6.95. The van der Waals surface area contributed by atoms with Gasteiger partial charge in [-0.25, -0.2) is 0 Å². The van der Waals surface area contributed by atoms with E-state index < -0.39 is 17.4 Å². The highest BCUT2D eigenvalue weighted by atomic mass is 16.4. The Bertz CT molecular complexity index is 240. The number of hydrogen-bond donors (Lipinski definition) is 2. The van der Waals surface area contributed by atoms with E-state index in [1.807, 2.05) is 0 Å². The highest BCUT2D eigenvalue weighted by Crippen LogP contribution is 2.35. The van der Waals surface area contributed by atoms with E-state index in [-0.39, 0.29) is 12.8 Å². The third kappa shape index (κ3) is 5.00. The summed E-state index contributed by atoms with van der Waals surface area (Å²) in [6.07, 6.45) is 3.45. The van der Waals surface area contributed by atoms with E-state index in [4.69, 9.17) is 10.2 Å². The number of rotatable bonds is 8. The molecule has 4 nitrogen and oxygen atoms in total. The SMILES string of the molecule is C=CCC(CC=C)(CC(=O)O)CC(=O)O. The molecule has 0 aliphatic heterocycles. The van der Waals surface area contributed by atoms with Crippen LogP contribution in [-0.2, 0) is 9.59 Å². The van der Waals surface area contributed by atoms with Crippen LogP contribution in [0, 0.1) is 5.41 Å². The fourth-order valence-corrected chi connectivity index (χ4v) is 1.69. The molecule has 0 aromatic heterocycles. The highest BCUT2D eigenvalue weighted by Gasteiger charge is 2.32. The van der Waals surface area contributed by atoms with Crippen molar-refractivity contribution in [1.82, 2.24) is 0 Å². The van der Waals surface area contributed by atoms with Crippen molar-refractivity contribution in [3.63, 3.8) is 0 Å². The second-order valence-electron chi connectivity index (χ2n) is 3.63. The van der Waals surface area contributed by atoms with Crippen LogP contribution in [0.25, 0.3) is 0 Å². The zero-order valence-corrected chi connectivity index (χ0v) is 8.61. The first-order valence-corrected chi connectivity index (χ1v) is 4.61. The Morgan fingerprint density at radius 1 is 1.00 bits per heavy atom. The van der Waals surface area contributed by atoms with Crippen LogP contribution in [0.15, 0.2) is 25.3 Å². The second kappa shape index (κ2) is 6.01. The van der Waals surface area contributed by atoms with Gasteiger partial charge in [0.15, 0.2) is 0 Å². The van der Waals surface area contributed by atoms with Crippen molar-refractivity contribution in [1.29, 1.82) is 0 Å². The van der Waals surface area contributed by atoms with Gasteiger partial charge < -0.3 is 10.2 Å². The van der Waals surface area contributed by atoms with Crippen molar-refractivity contribution in [3.05, 3.63) is 25.3 Å². The summed E-state index contributed by atoms with van der Waals surface area (Å²) in [4.78, 5) is 21.4. The predicted molar refractivity (Wildman–Crippen MR) is 56.6 cm³/mol. The van der Waals surface area contributed by atoms with E-state index in [9.17, 15) is 9.59 Å². The molecule has 0 saturated heterocycles. The molecule has 0 rings (SSSR count). The quantitative estimate of drug-likeness (QED) is 0.604. The van der Waals surface area contributed by atoms with Gasteiger partial charge in [0.05, 0.1) is 12.8 Å². The number of allylic oxidation sites excluding steroid dienone is 2. The Balaban J connectivity index is 4.84. The smallest absolute Gasteiger partial charge is 0.303 e. The molecule has 0 spiro atoms. The molecule has 0 radical (unpaired) electrons. The van der Waals surface area contributed by atoms with Crippen LogP contribution in [0.5, 0.6) is 0 Å². The summed E-state index contributed by atoms with van der Waals surface area (Å²) in [5.74, 6) is -2.00. The Kier molecular flexibility index (Phi) is 5.37. The van der Waals surface area contributed by atoms with Crippen molar-refractivity contribution < 1.29 is 19.8 Å². The zero-order chi connectivity index (χ0) is 11.9. The molecule has 2 N–H and O–H groups in total. The normalized spacial score (nSPS) is 10.7. The molecule has 0 aromatic carbocycles. The Morgan fingerprint density at radius 3 is 1.53 bits per heavy atom. The number of carboxylic acids is 2. The van der Waals surface area contributed by atoms with E-state index in [2.05, 4.69) is 13.2 Å². The molecule has 84 valence electrons. The summed E-state index contributed by atoms with van der Waals surface area (Å²) in [5, 5.41) is 17.5. The van der Waals surface area contributed by atoms with Crippen molar-refractivity contribution in [2.75, 3.05) is 0 Å². The van der Waals surface area contributed by atoms with Gasteiger partial charge in [-0.05, 0) is 18.3 Å². The molecule has 0 aliphatic rings. The van der Waals surface area contributed by atoms with Gasteiger partial charge in [0.2, 0.25) is 0 Å². The lowest BCUT2D eigenvalue weighted by Gasteiger charge is -2.28. The average molecular weight is 212 g/mol. The van der Waals surface area contributed by atoms with Crippen molar-refractivity contribution in [3.8, 4) is 0 Å². The lowest BCUT2D eigenvalue weighted by Crippen LogP contribution is -2.26. The molecule has 0 aliphatic carbocycles. The maximum Gasteiger partial charge on any atom is 0.303 e. The molecule has 15 heavy (non-hydrogen) atoms. The third-order valence-electron chi connectivity index (χ3n) is 2.21. The maximum atomic E-state index is 10.7. The third-order valence-corrected chi connectivity index (χ3v) is 2.21. The van der Waals surface area contributed by atoms with Crippen molar-refractivity contribution >= 4 is 11.9 Å². The molecule has 0 aromatic rings. The Labute approximate surface area is 88.9 Å². The van der Waals surface area contributed by atoms with Crippen LogP contribution in [0.3, 0.4) is 0 Å². The highest BCUT2D eigenvalue weighted by molar-refractivity contribution is 5.72. The molecule has 4 heteroatoms. The summed E-state index contributed by atoms with van der Waals surface area (Å²) >= 11 is 0. The van der Waals surface area contributed by atoms with E-state index in [1.165, 1.54) is 0 Å². The summed E-state index contributed by atoms with van der Waals surface area (Å²) in [7, 11) is 0. The number of carboxylic acid groups (broad SMARTS) is 2. The van der Waals surface area contributed by atoms with Gasteiger partial charge in [-0.3, -0.25) is 9.59 Å². The number of aliphatic carboxylic acids is 2. The van der Waals surface area contributed by atoms with Gasteiger partial charge in [-0.15, -0.1) is 13.2 Å². The van der Waals surface area contributed by atoms with E-state index >= 15 is 0 Å². The summed E-state index contributed by atoms with van der Waals surface area (Å²) < 4.78 is 0. The average Bonchev–Trinajstić information content (AvgIpc) is 2.01. The van der Waals surface area contributed by atoms with E-state index in [0.29, 0.717) is 12.8 Å².